The predicted molar refractivity (Wildman–Crippen MR) is 72.2 cm³/mol. The molecule has 6 heteroatoms. The van der Waals surface area contributed by atoms with E-state index in [1.54, 1.807) is 18.0 Å². The molecule has 1 aliphatic rings. The molecule has 1 fully saturated rings. The van der Waals surface area contributed by atoms with E-state index in [0.29, 0.717) is 6.10 Å². The molecule has 0 amide bonds. The number of hydrogen-bond acceptors (Lipinski definition) is 5. The predicted octanol–water partition coefficient (Wildman–Crippen LogP) is 2.04. The third-order valence-corrected chi connectivity index (χ3v) is 4.12. The summed E-state index contributed by atoms with van der Waals surface area (Å²) in [5.41, 5.74) is 0.914. The van der Waals surface area contributed by atoms with Crippen molar-refractivity contribution in [1.82, 2.24) is 14.4 Å². The fourth-order valence-corrected chi connectivity index (χ4v) is 3.12. The Kier molecular flexibility index (Phi) is 3.38. The lowest BCUT2D eigenvalue weighted by Crippen LogP contribution is -2.08. The topological polar surface area (TPSA) is 51.5 Å². The monoisotopic (exact) mass is 264 g/mol. The first-order valence-electron chi connectivity index (χ1n) is 6.12. The molecule has 5 nitrogen and oxygen atoms in total. The summed E-state index contributed by atoms with van der Waals surface area (Å²) >= 11 is 1.72. The first-order valence-corrected chi connectivity index (χ1v) is 7.11. The minimum atomic E-state index is 0.366. The number of rotatable bonds is 4. The molecule has 1 atom stereocenters. The van der Waals surface area contributed by atoms with Crippen LogP contribution in [0.4, 0.5) is 5.82 Å². The van der Waals surface area contributed by atoms with Gasteiger partial charge in [-0.25, -0.2) is 9.97 Å². The van der Waals surface area contributed by atoms with Crippen LogP contribution in [-0.2, 0) is 4.74 Å². The molecule has 1 aliphatic heterocycles. The fourth-order valence-electron chi connectivity index (χ4n) is 2.07. The van der Waals surface area contributed by atoms with Gasteiger partial charge in [0.15, 0.2) is 5.65 Å². The van der Waals surface area contributed by atoms with Crippen molar-refractivity contribution < 1.29 is 4.74 Å². The molecule has 2 aromatic heterocycles. The van der Waals surface area contributed by atoms with E-state index in [4.69, 9.17) is 4.74 Å². The molecule has 0 aliphatic carbocycles. The van der Waals surface area contributed by atoms with E-state index in [-0.39, 0.29) is 0 Å². The molecule has 0 saturated carbocycles. The van der Waals surface area contributed by atoms with Crippen molar-refractivity contribution >= 4 is 23.2 Å². The van der Waals surface area contributed by atoms with Crippen LogP contribution in [0.1, 0.15) is 12.8 Å². The summed E-state index contributed by atoms with van der Waals surface area (Å²) in [6, 6.07) is 0. The van der Waals surface area contributed by atoms with Crippen molar-refractivity contribution in [3.05, 3.63) is 18.6 Å². The highest BCUT2D eigenvalue weighted by molar-refractivity contribution is 7.99. The third-order valence-electron chi connectivity index (χ3n) is 3.03. The van der Waals surface area contributed by atoms with E-state index < -0.39 is 0 Å². The number of nitrogens with zero attached hydrogens (tertiary/aromatic N) is 3. The van der Waals surface area contributed by atoms with Gasteiger partial charge in [-0.15, -0.1) is 0 Å². The minimum Gasteiger partial charge on any atom is -0.377 e. The van der Waals surface area contributed by atoms with Gasteiger partial charge in [-0.05, 0) is 12.8 Å². The molecular formula is C12H16N4OS. The van der Waals surface area contributed by atoms with Crippen molar-refractivity contribution in [1.29, 1.82) is 0 Å². The maximum atomic E-state index is 5.63. The molecule has 0 spiro atoms. The maximum absolute atomic E-state index is 5.63. The Balaban J connectivity index is 1.82. The summed E-state index contributed by atoms with van der Waals surface area (Å²) in [6.07, 6.45) is 8.38. The van der Waals surface area contributed by atoms with Gasteiger partial charge in [-0.2, -0.15) is 0 Å². The molecule has 96 valence electrons. The molecule has 2 aromatic rings. The zero-order valence-corrected chi connectivity index (χ0v) is 11.1. The number of thioether (sulfide) groups is 1. The molecular weight excluding hydrogens is 248 g/mol. The van der Waals surface area contributed by atoms with Crippen LogP contribution in [-0.4, -0.2) is 39.9 Å². The van der Waals surface area contributed by atoms with Gasteiger partial charge in [0.05, 0.1) is 12.3 Å². The Morgan fingerprint density at radius 2 is 2.56 bits per heavy atom. The number of imidazole rings is 1. The second-order valence-corrected chi connectivity index (χ2v) is 5.29. The average molecular weight is 264 g/mol. The van der Waals surface area contributed by atoms with Crippen LogP contribution in [0.3, 0.4) is 0 Å². The van der Waals surface area contributed by atoms with Gasteiger partial charge in [-0.1, -0.05) is 11.8 Å². The van der Waals surface area contributed by atoms with Gasteiger partial charge in [-0.3, -0.25) is 0 Å². The summed E-state index contributed by atoms with van der Waals surface area (Å²) in [5.74, 6) is 1.80. The largest absolute Gasteiger partial charge is 0.377 e. The molecule has 0 aromatic carbocycles. The summed E-state index contributed by atoms with van der Waals surface area (Å²) in [7, 11) is 1.87. The smallest absolute Gasteiger partial charge is 0.169 e. The zero-order valence-electron chi connectivity index (χ0n) is 10.3. The lowest BCUT2D eigenvalue weighted by Gasteiger charge is -2.10. The fraction of sp³-hybridized carbons (Fsp3) is 0.500. The zero-order chi connectivity index (χ0) is 12.4. The van der Waals surface area contributed by atoms with E-state index >= 15 is 0 Å². The number of fused-ring (bicyclic) bond motifs is 1. The number of anilines is 1. The first kappa shape index (κ1) is 11.8. The van der Waals surface area contributed by atoms with Gasteiger partial charge >= 0.3 is 0 Å². The highest BCUT2D eigenvalue weighted by atomic mass is 32.2. The maximum Gasteiger partial charge on any atom is 0.169 e. The Morgan fingerprint density at radius 1 is 1.61 bits per heavy atom. The Hall–Kier alpha value is -1.27. The number of ether oxygens (including phenoxy) is 1. The summed E-state index contributed by atoms with van der Waals surface area (Å²) in [6.45, 7) is 0.897. The van der Waals surface area contributed by atoms with Crippen molar-refractivity contribution in [3.8, 4) is 0 Å². The quantitative estimate of drug-likeness (QED) is 0.856. The summed E-state index contributed by atoms with van der Waals surface area (Å²) < 4.78 is 7.63. The number of nitrogens with one attached hydrogen (secondary N) is 1. The van der Waals surface area contributed by atoms with Crippen molar-refractivity contribution in [2.24, 2.45) is 0 Å². The van der Waals surface area contributed by atoms with Gasteiger partial charge in [0.25, 0.3) is 0 Å². The van der Waals surface area contributed by atoms with Gasteiger partial charge in [0.2, 0.25) is 0 Å². The van der Waals surface area contributed by atoms with Gasteiger partial charge < -0.3 is 14.5 Å². The normalized spacial score (nSPS) is 19.5. The van der Waals surface area contributed by atoms with E-state index in [1.165, 1.54) is 6.42 Å². The van der Waals surface area contributed by atoms with Crippen LogP contribution in [0.25, 0.3) is 5.65 Å². The van der Waals surface area contributed by atoms with Gasteiger partial charge in [0.1, 0.15) is 10.8 Å². The highest BCUT2D eigenvalue weighted by Crippen LogP contribution is 2.26. The number of hydrogen-bond donors (Lipinski definition) is 1. The van der Waals surface area contributed by atoms with E-state index in [2.05, 4.69) is 15.3 Å². The van der Waals surface area contributed by atoms with E-state index in [9.17, 15) is 0 Å². The van der Waals surface area contributed by atoms with Crippen LogP contribution < -0.4 is 5.32 Å². The molecule has 1 unspecified atom stereocenters. The standard InChI is InChI=1S/C12H16N4OS/c1-13-10-7-16-5-4-14-11(16)12(15-10)18-8-9-3-2-6-17-9/h4-5,7,9,13H,2-3,6,8H2,1H3. The third kappa shape index (κ3) is 2.30. The highest BCUT2D eigenvalue weighted by Gasteiger charge is 2.17. The van der Waals surface area contributed by atoms with Crippen molar-refractivity contribution in [2.45, 2.75) is 24.0 Å². The molecule has 1 saturated heterocycles. The Bertz CT molecular complexity index is 536. The lowest BCUT2D eigenvalue weighted by molar-refractivity contribution is 0.129. The van der Waals surface area contributed by atoms with Crippen molar-refractivity contribution in [2.75, 3.05) is 24.7 Å². The Labute approximate surface area is 110 Å². The molecule has 1 N–H and O–H groups in total. The molecule has 3 rings (SSSR count). The van der Waals surface area contributed by atoms with E-state index in [0.717, 1.165) is 35.3 Å². The number of aromatic nitrogens is 3. The van der Waals surface area contributed by atoms with Gasteiger partial charge in [0, 0.05) is 31.8 Å². The second-order valence-electron chi connectivity index (χ2n) is 4.29. The second kappa shape index (κ2) is 5.16. The average Bonchev–Trinajstić information content (AvgIpc) is 3.06. The van der Waals surface area contributed by atoms with Crippen LogP contribution >= 0.6 is 11.8 Å². The molecule has 0 radical (unpaired) electrons. The van der Waals surface area contributed by atoms with Crippen LogP contribution in [0.2, 0.25) is 0 Å². The molecule has 3 heterocycles. The lowest BCUT2D eigenvalue weighted by atomic mass is 10.3. The Morgan fingerprint density at radius 3 is 3.33 bits per heavy atom. The van der Waals surface area contributed by atoms with Crippen molar-refractivity contribution in [3.63, 3.8) is 0 Å². The summed E-state index contributed by atoms with van der Waals surface area (Å²) in [5, 5.41) is 4.03. The van der Waals surface area contributed by atoms with Crippen LogP contribution in [0.5, 0.6) is 0 Å². The van der Waals surface area contributed by atoms with Crippen LogP contribution in [0.15, 0.2) is 23.6 Å². The first-order chi connectivity index (χ1) is 8.86. The van der Waals surface area contributed by atoms with E-state index in [1.807, 2.05) is 23.8 Å². The molecule has 0 bridgehead atoms. The minimum absolute atomic E-state index is 0.366. The summed E-state index contributed by atoms with van der Waals surface area (Å²) in [4.78, 5) is 8.92. The SMILES string of the molecule is CNc1cn2ccnc2c(SCC2CCCO2)n1. The van der Waals surface area contributed by atoms with Crippen LogP contribution in [0, 0.1) is 0 Å². The molecule has 18 heavy (non-hydrogen) atoms.